The Bertz CT molecular complexity index is 592. The average Bonchev–Trinajstić information content (AvgIpc) is 3.04. The van der Waals surface area contributed by atoms with Crippen LogP contribution in [0.5, 0.6) is 0 Å². The van der Waals surface area contributed by atoms with Gasteiger partial charge in [0.05, 0.1) is 18.1 Å². The van der Waals surface area contributed by atoms with Crippen molar-refractivity contribution in [3.05, 3.63) is 11.7 Å². The molecule has 8 heteroatoms. The molecular weight excluding hydrogens is 294 g/mol. The van der Waals surface area contributed by atoms with Crippen molar-refractivity contribution in [3.8, 4) is 0 Å². The average molecular weight is 315 g/mol. The summed E-state index contributed by atoms with van der Waals surface area (Å²) in [4.78, 5) is 4.39. The molecule has 2 aliphatic rings. The normalized spacial score (nSPS) is 32.3. The number of nitrogens with one attached hydrogen (secondary N) is 1. The molecule has 1 N–H and O–H groups in total. The van der Waals surface area contributed by atoms with Gasteiger partial charge in [-0.05, 0) is 32.6 Å². The van der Waals surface area contributed by atoms with E-state index < -0.39 is 15.4 Å². The SMILES string of the molecule is CC1(c2noc(CNC3CCS(=O)(=O)C3)n2)CCCCO1. The van der Waals surface area contributed by atoms with Crippen molar-refractivity contribution in [1.82, 2.24) is 15.5 Å². The topological polar surface area (TPSA) is 94.3 Å². The highest BCUT2D eigenvalue weighted by molar-refractivity contribution is 7.91. The van der Waals surface area contributed by atoms with E-state index in [2.05, 4.69) is 15.5 Å². The zero-order valence-electron chi connectivity index (χ0n) is 12.2. The number of hydrogen-bond donors (Lipinski definition) is 1. The van der Waals surface area contributed by atoms with Crippen LogP contribution >= 0.6 is 0 Å². The van der Waals surface area contributed by atoms with Gasteiger partial charge in [0.15, 0.2) is 9.84 Å². The van der Waals surface area contributed by atoms with Crippen LogP contribution in [0.3, 0.4) is 0 Å². The summed E-state index contributed by atoms with van der Waals surface area (Å²) in [5, 5.41) is 7.18. The van der Waals surface area contributed by atoms with Crippen molar-refractivity contribution >= 4 is 9.84 Å². The summed E-state index contributed by atoms with van der Waals surface area (Å²) in [7, 11) is -2.87. The smallest absolute Gasteiger partial charge is 0.240 e. The van der Waals surface area contributed by atoms with Crippen molar-refractivity contribution in [1.29, 1.82) is 0 Å². The van der Waals surface area contributed by atoms with Crippen LogP contribution in [0.4, 0.5) is 0 Å². The van der Waals surface area contributed by atoms with E-state index in [4.69, 9.17) is 9.26 Å². The number of hydrogen-bond acceptors (Lipinski definition) is 7. The third kappa shape index (κ3) is 3.44. The minimum absolute atomic E-state index is 0.0214. The van der Waals surface area contributed by atoms with E-state index in [-0.39, 0.29) is 17.5 Å². The maximum Gasteiger partial charge on any atom is 0.240 e. The van der Waals surface area contributed by atoms with Crippen LogP contribution in [0.25, 0.3) is 0 Å². The zero-order valence-corrected chi connectivity index (χ0v) is 13.0. The number of sulfone groups is 1. The number of ether oxygens (including phenoxy) is 1. The molecule has 2 saturated heterocycles. The minimum Gasteiger partial charge on any atom is -0.367 e. The summed E-state index contributed by atoms with van der Waals surface area (Å²) < 4.78 is 33.8. The van der Waals surface area contributed by atoms with Gasteiger partial charge in [-0.3, -0.25) is 0 Å². The van der Waals surface area contributed by atoms with E-state index >= 15 is 0 Å². The van der Waals surface area contributed by atoms with E-state index in [0.29, 0.717) is 24.7 Å². The third-order valence-electron chi connectivity index (χ3n) is 4.18. The molecule has 1 aromatic heterocycles. The summed E-state index contributed by atoms with van der Waals surface area (Å²) in [5.41, 5.74) is -0.462. The van der Waals surface area contributed by atoms with Gasteiger partial charge in [0.2, 0.25) is 11.7 Å². The highest BCUT2D eigenvalue weighted by atomic mass is 32.2. The van der Waals surface area contributed by atoms with Gasteiger partial charge in [-0.15, -0.1) is 0 Å². The molecule has 7 nitrogen and oxygen atoms in total. The molecule has 0 amide bonds. The Kier molecular flexibility index (Phi) is 4.02. The maximum absolute atomic E-state index is 11.4. The zero-order chi connectivity index (χ0) is 14.9. The summed E-state index contributed by atoms with van der Waals surface area (Å²) >= 11 is 0. The van der Waals surface area contributed by atoms with E-state index in [0.717, 1.165) is 25.9 Å². The molecular formula is C13H21N3O4S. The number of nitrogens with zero attached hydrogens (tertiary/aromatic N) is 2. The second-order valence-electron chi connectivity index (χ2n) is 6.03. The van der Waals surface area contributed by atoms with Gasteiger partial charge in [0, 0.05) is 12.6 Å². The van der Waals surface area contributed by atoms with Gasteiger partial charge in [0.1, 0.15) is 5.60 Å². The first-order valence-electron chi connectivity index (χ1n) is 7.38. The molecule has 0 bridgehead atoms. The van der Waals surface area contributed by atoms with Crippen LogP contribution < -0.4 is 5.32 Å². The fourth-order valence-corrected chi connectivity index (χ4v) is 4.55. The third-order valence-corrected chi connectivity index (χ3v) is 5.95. The maximum atomic E-state index is 11.4. The van der Waals surface area contributed by atoms with E-state index in [9.17, 15) is 8.42 Å². The molecule has 2 fully saturated rings. The van der Waals surface area contributed by atoms with Crippen molar-refractivity contribution in [2.75, 3.05) is 18.1 Å². The van der Waals surface area contributed by atoms with Gasteiger partial charge in [-0.2, -0.15) is 4.98 Å². The van der Waals surface area contributed by atoms with Crippen molar-refractivity contribution in [3.63, 3.8) is 0 Å². The lowest BCUT2D eigenvalue weighted by atomic mass is 9.95. The lowest BCUT2D eigenvalue weighted by molar-refractivity contribution is -0.0770. The van der Waals surface area contributed by atoms with Gasteiger partial charge in [-0.25, -0.2) is 8.42 Å². The molecule has 0 saturated carbocycles. The minimum atomic E-state index is -2.87. The Balaban J connectivity index is 1.58. The van der Waals surface area contributed by atoms with Crippen molar-refractivity contribution in [2.45, 2.75) is 50.8 Å². The summed E-state index contributed by atoms with van der Waals surface area (Å²) in [6, 6.07) is -0.0214. The first-order chi connectivity index (χ1) is 9.97. The van der Waals surface area contributed by atoms with E-state index in [1.54, 1.807) is 0 Å². The molecule has 0 spiro atoms. The fourth-order valence-electron chi connectivity index (χ4n) is 2.84. The molecule has 21 heavy (non-hydrogen) atoms. The predicted octanol–water partition coefficient (Wildman–Crippen LogP) is 0.762. The molecule has 1 aromatic rings. The molecule has 2 atom stereocenters. The van der Waals surface area contributed by atoms with Crippen LogP contribution in [0.15, 0.2) is 4.52 Å². The Morgan fingerprint density at radius 2 is 2.29 bits per heavy atom. The standard InChI is InChI=1S/C13H21N3O4S/c1-13(5-2-3-6-19-13)12-15-11(20-16-12)8-14-10-4-7-21(17,18)9-10/h10,14H,2-9H2,1H3. The van der Waals surface area contributed by atoms with Crippen LogP contribution in [0.1, 0.15) is 44.3 Å². The first-order valence-corrected chi connectivity index (χ1v) is 9.20. The van der Waals surface area contributed by atoms with Gasteiger partial charge in [0.25, 0.3) is 0 Å². The molecule has 0 radical (unpaired) electrons. The van der Waals surface area contributed by atoms with E-state index in [1.165, 1.54) is 0 Å². The quantitative estimate of drug-likeness (QED) is 0.876. The van der Waals surface area contributed by atoms with Gasteiger partial charge < -0.3 is 14.6 Å². The Morgan fingerprint density at radius 1 is 1.43 bits per heavy atom. The first kappa shape index (κ1) is 14.9. The molecule has 3 rings (SSSR count). The molecule has 118 valence electrons. The second kappa shape index (κ2) is 5.66. The van der Waals surface area contributed by atoms with Crippen molar-refractivity contribution < 1.29 is 17.7 Å². The van der Waals surface area contributed by atoms with Crippen LogP contribution in [0, 0.1) is 0 Å². The van der Waals surface area contributed by atoms with E-state index in [1.807, 2.05) is 6.92 Å². The van der Waals surface area contributed by atoms with Crippen LogP contribution in [-0.2, 0) is 26.7 Å². The largest absolute Gasteiger partial charge is 0.367 e. The highest BCUT2D eigenvalue weighted by Crippen LogP contribution is 2.32. The van der Waals surface area contributed by atoms with Crippen molar-refractivity contribution in [2.24, 2.45) is 0 Å². The second-order valence-corrected chi connectivity index (χ2v) is 8.26. The number of aromatic nitrogens is 2. The van der Waals surface area contributed by atoms with Gasteiger partial charge in [-0.1, -0.05) is 5.16 Å². The fraction of sp³-hybridized carbons (Fsp3) is 0.846. The predicted molar refractivity (Wildman–Crippen MR) is 75.4 cm³/mol. The lowest BCUT2D eigenvalue weighted by Gasteiger charge is -2.30. The molecule has 2 unspecified atom stereocenters. The molecule has 0 aromatic carbocycles. The lowest BCUT2D eigenvalue weighted by Crippen LogP contribution is -2.32. The Morgan fingerprint density at radius 3 is 2.95 bits per heavy atom. The molecule has 0 aliphatic carbocycles. The molecule has 2 aliphatic heterocycles. The van der Waals surface area contributed by atoms with Crippen LogP contribution in [0.2, 0.25) is 0 Å². The number of rotatable bonds is 4. The summed E-state index contributed by atoms with van der Waals surface area (Å²) in [5.74, 6) is 1.50. The highest BCUT2D eigenvalue weighted by Gasteiger charge is 2.35. The van der Waals surface area contributed by atoms with Gasteiger partial charge >= 0.3 is 0 Å². The van der Waals surface area contributed by atoms with Crippen LogP contribution in [-0.4, -0.2) is 42.7 Å². The Labute approximate surface area is 124 Å². The Hall–Kier alpha value is -0.990. The summed E-state index contributed by atoms with van der Waals surface area (Å²) in [6.07, 6.45) is 3.70. The summed E-state index contributed by atoms with van der Waals surface area (Å²) in [6.45, 7) is 3.10. The monoisotopic (exact) mass is 315 g/mol. The molecule has 3 heterocycles.